The summed E-state index contributed by atoms with van der Waals surface area (Å²) in [5.41, 5.74) is 3.03. The number of rotatable bonds is 5. The highest BCUT2D eigenvalue weighted by molar-refractivity contribution is 7.22. The Bertz CT molecular complexity index is 1050. The van der Waals surface area contributed by atoms with Crippen LogP contribution in [0.1, 0.15) is 18.4 Å². The minimum Gasteiger partial charge on any atom is -0.361 e. The monoisotopic (exact) mass is 353 g/mol. The van der Waals surface area contributed by atoms with Crippen molar-refractivity contribution in [3.05, 3.63) is 60.0 Å². The SMILES string of the molecule is O=C(CCCc1c[nH]c2ccccc12)Nc1nc2ccc(F)cc2s1. The molecule has 0 fully saturated rings. The van der Waals surface area contributed by atoms with Gasteiger partial charge in [0.1, 0.15) is 5.82 Å². The Morgan fingerprint density at radius 1 is 1.24 bits per heavy atom. The van der Waals surface area contributed by atoms with Crippen LogP contribution in [0.2, 0.25) is 0 Å². The third-order valence-corrected chi connectivity index (χ3v) is 5.06. The maximum Gasteiger partial charge on any atom is 0.226 e. The fourth-order valence-electron chi connectivity index (χ4n) is 2.91. The van der Waals surface area contributed by atoms with Gasteiger partial charge in [0.25, 0.3) is 0 Å². The summed E-state index contributed by atoms with van der Waals surface area (Å²) in [4.78, 5) is 19.7. The lowest BCUT2D eigenvalue weighted by Crippen LogP contribution is -2.11. The number of carbonyl (C=O) groups excluding carboxylic acids is 1. The van der Waals surface area contributed by atoms with E-state index in [9.17, 15) is 9.18 Å². The van der Waals surface area contributed by atoms with E-state index in [0.717, 1.165) is 23.1 Å². The van der Waals surface area contributed by atoms with Gasteiger partial charge in [0.15, 0.2) is 5.13 Å². The standard InChI is InChI=1S/C19H16FN3OS/c20-13-8-9-16-17(10-13)25-19(22-16)23-18(24)7-3-4-12-11-21-15-6-2-1-5-14(12)15/h1-2,5-6,8-11,21H,3-4,7H2,(H,22,23,24). The van der Waals surface area contributed by atoms with Crippen molar-refractivity contribution >= 4 is 43.5 Å². The Balaban J connectivity index is 1.35. The summed E-state index contributed by atoms with van der Waals surface area (Å²) < 4.78 is 13.9. The van der Waals surface area contributed by atoms with Gasteiger partial charge in [-0.25, -0.2) is 9.37 Å². The van der Waals surface area contributed by atoms with E-state index in [0.29, 0.717) is 17.1 Å². The second-order valence-electron chi connectivity index (χ2n) is 5.89. The van der Waals surface area contributed by atoms with Crippen LogP contribution >= 0.6 is 11.3 Å². The molecule has 0 bridgehead atoms. The molecule has 2 aromatic heterocycles. The topological polar surface area (TPSA) is 57.8 Å². The first-order valence-electron chi connectivity index (χ1n) is 8.10. The van der Waals surface area contributed by atoms with Crippen molar-refractivity contribution in [1.29, 1.82) is 0 Å². The number of amides is 1. The van der Waals surface area contributed by atoms with E-state index in [1.165, 1.54) is 34.4 Å². The summed E-state index contributed by atoms with van der Waals surface area (Å²) in [7, 11) is 0. The largest absolute Gasteiger partial charge is 0.361 e. The molecule has 0 radical (unpaired) electrons. The third-order valence-electron chi connectivity index (χ3n) is 4.12. The number of halogens is 1. The van der Waals surface area contributed by atoms with Crippen molar-refractivity contribution in [2.75, 3.05) is 5.32 Å². The van der Waals surface area contributed by atoms with Gasteiger partial charge < -0.3 is 10.3 Å². The molecule has 0 unspecified atom stereocenters. The molecule has 0 spiro atoms. The molecular formula is C19H16FN3OS. The van der Waals surface area contributed by atoms with Crippen LogP contribution < -0.4 is 5.32 Å². The van der Waals surface area contributed by atoms with Gasteiger partial charge in [-0.15, -0.1) is 0 Å². The number of hydrogen-bond donors (Lipinski definition) is 2. The second kappa shape index (κ2) is 6.64. The van der Waals surface area contributed by atoms with Gasteiger partial charge >= 0.3 is 0 Å². The first kappa shape index (κ1) is 15.8. The van der Waals surface area contributed by atoms with Gasteiger partial charge in [0.05, 0.1) is 10.2 Å². The zero-order valence-electron chi connectivity index (χ0n) is 13.4. The van der Waals surface area contributed by atoms with E-state index in [1.807, 2.05) is 24.4 Å². The number of H-pyrrole nitrogens is 1. The Morgan fingerprint density at radius 2 is 2.12 bits per heavy atom. The summed E-state index contributed by atoms with van der Waals surface area (Å²) in [6.07, 6.45) is 4.02. The third kappa shape index (κ3) is 3.39. The van der Waals surface area contributed by atoms with E-state index < -0.39 is 0 Å². The first-order valence-corrected chi connectivity index (χ1v) is 8.91. The highest BCUT2D eigenvalue weighted by Crippen LogP contribution is 2.26. The Kier molecular flexibility index (Phi) is 4.19. The number of fused-ring (bicyclic) bond motifs is 2. The quantitative estimate of drug-likeness (QED) is 0.537. The predicted octanol–water partition coefficient (Wildman–Crippen LogP) is 4.88. The van der Waals surface area contributed by atoms with E-state index in [2.05, 4.69) is 21.4 Å². The van der Waals surface area contributed by atoms with E-state index >= 15 is 0 Å². The van der Waals surface area contributed by atoms with Gasteiger partial charge in [-0.1, -0.05) is 29.5 Å². The summed E-state index contributed by atoms with van der Waals surface area (Å²) in [5, 5.41) is 4.52. The molecule has 2 heterocycles. The maximum absolute atomic E-state index is 13.2. The molecule has 0 aliphatic carbocycles. The number of aromatic nitrogens is 2. The number of thiazole rings is 1. The molecular weight excluding hydrogens is 337 g/mol. The fourth-order valence-corrected chi connectivity index (χ4v) is 3.82. The second-order valence-corrected chi connectivity index (χ2v) is 6.92. The number of aryl methyl sites for hydroxylation is 1. The van der Waals surface area contributed by atoms with Crippen LogP contribution in [0.15, 0.2) is 48.7 Å². The number of para-hydroxylation sites is 1. The molecule has 4 aromatic rings. The molecule has 0 saturated carbocycles. The van der Waals surface area contributed by atoms with Gasteiger partial charge in [-0.3, -0.25) is 4.79 Å². The number of nitrogens with one attached hydrogen (secondary N) is 2. The number of carbonyl (C=O) groups is 1. The molecule has 6 heteroatoms. The molecule has 0 aliphatic heterocycles. The van der Waals surface area contributed by atoms with Crippen LogP contribution in [0.4, 0.5) is 9.52 Å². The van der Waals surface area contributed by atoms with Crippen LogP contribution in [0.3, 0.4) is 0 Å². The zero-order chi connectivity index (χ0) is 17.2. The van der Waals surface area contributed by atoms with Crippen molar-refractivity contribution < 1.29 is 9.18 Å². The van der Waals surface area contributed by atoms with Crippen LogP contribution in [0.25, 0.3) is 21.1 Å². The van der Waals surface area contributed by atoms with E-state index in [4.69, 9.17) is 0 Å². The average Bonchev–Trinajstić information content (AvgIpc) is 3.18. The Hall–Kier alpha value is -2.73. The summed E-state index contributed by atoms with van der Waals surface area (Å²) in [5.74, 6) is -0.368. The number of nitrogens with zero attached hydrogens (tertiary/aromatic N) is 1. The smallest absolute Gasteiger partial charge is 0.226 e. The van der Waals surface area contributed by atoms with E-state index in [1.54, 1.807) is 6.07 Å². The molecule has 4 rings (SSSR count). The predicted molar refractivity (Wildman–Crippen MR) is 99.4 cm³/mol. The highest BCUT2D eigenvalue weighted by Gasteiger charge is 2.09. The first-order chi connectivity index (χ1) is 12.2. The lowest BCUT2D eigenvalue weighted by molar-refractivity contribution is -0.116. The van der Waals surface area contributed by atoms with Gasteiger partial charge in [-0.2, -0.15) is 0 Å². The molecule has 126 valence electrons. The van der Waals surface area contributed by atoms with Crippen LogP contribution in [-0.2, 0) is 11.2 Å². The Labute approximate surface area is 147 Å². The molecule has 0 saturated heterocycles. The number of benzene rings is 2. The van der Waals surface area contributed by atoms with Gasteiger partial charge in [0, 0.05) is 23.5 Å². The Morgan fingerprint density at radius 3 is 3.04 bits per heavy atom. The normalized spacial score (nSPS) is 11.2. The fraction of sp³-hybridized carbons (Fsp3) is 0.158. The van der Waals surface area contributed by atoms with Crippen LogP contribution in [-0.4, -0.2) is 15.9 Å². The number of anilines is 1. The van der Waals surface area contributed by atoms with Crippen LogP contribution in [0.5, 0.6) is 0 Å². The molecule has 0 atom stereocenters. The van der Waals surface area contributed by atoms with Crippen molar-refractivity contribution in [3.8, 4) is 0 Å². The molecule has 1 amide bonds. The van der Waals surface area contributed by atoms with E-state index in [-0.39, 0.29) is 11.7 Å². The van der Waals surface area contributed by atoms with Crippen molar-refractivity contribution in [3.63, 3.8) is 0 Å². The minimum absolute atomic E-state index is 0.0700. The lowest BCUT2D eigenvalue weighted by Gasteiger charge is -2.01. The van der Waals surface area contributed by atoms with Crippen molar-refractivity contribution in [2.24, 2.45) is 0 Å². The molecule has 2 aromatic carbocycles. The van der Waals surface area contributed by atoms with Crippen LogP contribution in [0, 0.1) is 5.82 Å². The molecule has 0 aliphatic rings. The molecule has 25 heavy (non-hydrogen) atoms. The van der Waals surface area contributed by atoms with Gasteiger partial charge in [-0.05, 0) is 42.7 Å². The molecule has 2 N–H and O–H groups in total. The molecule has 4 nitrogen and oxygen atoms in total. The summed E-state index contributed by atoms with van der Waals surface area (Å²) in [6.45, 7) is 0. The van der Waals surface area contributed by atoms with Crippen molar-refractivity contribution in [2.45, 2.75) is 19.3 Å². The minimum atomic E-state index is -0.298. The zero-order valence-corrected chi connectivity index (χ0v) is 14.2. The summed E-state index contributed by atoms with van der Waals surface area (Å²) in [6, 6.07) is 12.6. The number of aromatic amines is 1. The average molecular weight is 353 g/mol. The highest BCUT2D eigenvalue weighted by atomic mass is 32.1. The maximum atomic E-state index is 13.2. The lowest BCUT2D eigenvalue weighted by atomic mass is 10.1. The van der Waals surface area contributed by atoms with Gasteiger partial charge in [0.2, 0.25) is 5.91 Å². The van der Waals surface area contributed by atoms with Crippen molar-refractivity contribution in [1.82, 2.24) is 9.97 Å². The number of hydrogen-bond acceptors (Lipinski definition) is 3. The summed E-state index contributed by atoms with van der Waals surface area (Å²) >= 11 is 1.28.